The molecule has 64 valence electrons. The topological polar surface area (TPSA) is 3.24 Å². The van der Waals surface area contributed by atoms with E-state index in [2.05, 4.69) is 38.6 Å². The lowest BCUT2D eigenvalue weighted by Gasteiger charge is -2.21. The van der Waals surface area contributed by atoms with E-state index in [9.17, 15) is 0 Å². The first-order valence-electron chi connectivity index (χ1n) is 4.08. The summed E-state index contributed by atoms with van der Waals surface area (Å²) in [5, 5.41) is 0. The largest absolute Gasteiger partial charge is 0.295 e. The molecule has 0 radical (unpaired) electrons. The van der Waals surface area contributed by atoms with E-state index in [0.717, 1.165) is 13.1 Å². The van der Waals surface area contributed by atoms with Crippen molar-refractivity contribution in [1.29, 1.82) is 0 Å². The number of rotatable bonds is 3. The Morgan fingerprint density at radius 2 is 1.91 bits per heavy atom. The van der Waals surface area contributed by atoms with Crippen LogP contribution in [0, 0.1) is 17.8 Å². The average Bonchev–Trinajstić information content (AvgIpc) is 1.83. The monoisotopic (exact) mass is 153 g/mol. The summed E-state index contributed by atoms with van der Waals surface area (Å²) in [5.74, 6) is 2.63. The molecule has 0 aromatic rings. The molecule has 0 rings (SSSR count). The lowest BCUT2D eigenvalue weighted by Crippen LogP contribution is -2.23. The molecule has 0 amide bonds. The van der Waals surface area contributed by atoms with Crippen LogP contribution in [-0.2, 0) is 0 Å². The normalized spacial score (nSPS) is 11.6. The van der Waals surface area contributed by atoms with E-state index in [1.807, 2.05) is 0 Å². The summed E-state index contributed by atoms with van der Waals surface area (Å²) in [7, 11) is 2.06. The lowest BCUT2D eigenvalue weighted by atomic mass is 9.92. The van der Waals surface area contributed by atoms with Crippen LogP contribution in [0.5, 0.6) is 0 Å². The molecule has 0 saturated carbocycles. The second-order valence-electron chi connectivity index (χ2n) is 4.25. The van der Waals surface area contributed by atoms with Crippen molar-refractivity contribution in [2.24, 2.45) is 5.41 Å². The average molecular weight is 153 g/mol. The van der Waals surface area contributed by atoms with Gasteiger partial charge >= 0.3 is 0 Å². The molecule has 0 atom stereocenters. The fraction of sp³-hybridized carbons (Fsp3) is 0.800. The van der Waals surface area contributed by atoms with E-state index in [1.165, 1.54) is 6.42 Å². The summed E-state index contributed by atoms with van der Waals surface area (Å²) in [4.78, 5) is 2.17. The van der Waals surface area contributed by atoms with Crippen LogP contribution in [0.3, 0.4) is 0 Å². The number of terminal acetylenes is 1. The Morgan fingerprint density at radius 3 is 2.27 bits per heavy atom. The molecule has 0 aliphatic rings. The van der Waals surface area contributed by atoms with Crippen molar-refractivity contribution in [3.8, 4) is 12.3 Å². The van der Waals surface area contributed by atoms with Crippen LogP contribution in [0.2, 0.25) is 0 Å². The highest BCUT2D eigenvalue weighted by molar-refractivity contribution is 4.87. The first-order valence-corrected chi connectivity index (χ1v) is 4.08. The highest BCUT2D eigenvalue weighted by atomic mass is 15.1. The zero-order valence-electron chi connectivity index (χ0n) is 8.15. The second-order valence-corrected chi connectivity index (χ2v) is 4.25. The first-order chi connectivity index (χ1) is 4.95. The summed E-state index contributed by atoms with van der Waals surface area (Å²) >= 11 is 0. The highest BCUT2D eigenvalue weighted by Crippen LogP contribution is 2.18. The maximum Gasteiger partial charge on any atom is 0.0596 e. The Hall–Kier alpha value is -0.480. The molecule has 0 saturated heterocycles. The van der Waals surface area contributed by atoms with Crippen LogP contribution < -0.4 is 0 Å². The van der Waals surface area contributed by atoms with Crippen molar-refractivity contribution in [2.75, 3.05) is 20.1 Å². The summed E-state index contributed by atoms with van der Waals surface area (Å²) in [5.41, 5.74) is 0.420. The van der Waals surface area contributed by atoms with Gasteiger partial charge in [0, 0.05) is 0 Å². The highest BCUT2D eigenvalue weighted by Gasteiger charge is 2.10. The summed E-state index contributed by atoms with van der Waals surface area (Å²) in [6.07, 6.45) is 6.38. The number of hydrogen-bond donors (Lipinski definition) is 0. The minimum atomic E-state index is 0.420. The van der Waals surface area contributed by atoms with Gasteiger partial charge in [0.2, 0.25) is 0 Å². The van der Waals surface area contributed by atoms with E-state index >= 15 is 0 Å². The SMILES string of the molecule is C#CCN(C)CCC(C)(C)C. The zero-order valence-corrected chi connectivity index (χ0v) is 8.15. The Balaban J connectivity index is 3.48. The van der Waals surface area contributed by atoms with Gasteiger partial charge in [0.25, 0.3) is 0 Å². The molecule has 11 heavy (non-hydrogen) atoms. The molecule has 0 heterocycles. The third-order valence-corrected chi connectivity index (χ3v) is 1.60. The maximum atomic E-state index is 5.18. The molecule has 0 N–H and O–H groups in total. The minimum absolute atomic E-state index is 0.420. The van der Waals surface area contributed by atoms with E-state index in [1.54, 1.807) is 0 Å². The molecule has 0 fully saturated rings. The molecular formula is C10H19N. The molecule has 0 aromatic carbocycles. The molecule has 1 nitrogen and oxygen atoms in total. The van der Waals surface area contributed by atoms with Crippen LogP contribution >= 0.6 is 0 Å². The molecule has 0 spiro atoms. The molecule has 0 aliphatic heterocycles. The van der Waals surface area contributed by atoms with Crippen LogP contribution in [0.25, 0.3) is 0 Å². The van der Waals surface area contributed by atoms with Gasteiger partial charge in [0.1, 0.15) is 0 Å². The van der Waals surface area contributed by atoms with Crippen LogP contribution in [0.1, 0.15) is 27.2 Å². The first kappa shape index (κ1) is 10.5. The molecule has 0 aromatic heterocycles. The van der Waals surface area contributed by atoms with Gasteiger partial charge in [-0.25, -0.2) is 0 Å². The van der Waals surface area contributed by atoms with Crippen molar-refractivity contribution in [3.05, 3.63) is 0 Å². The zero-order chi connectivity index (χ0) is 8.91. The van der Waals surface area contributed by atoms with Crippen molar-refractivity contribution >= 4 is 0 Å². The van der Waals surface area contributed by atoms with E-state index in [-0.39, 0.29) is 0 Å². The predicted molar refractivity (Wildman–Crippen MR) is 50.4 cm³/mol. The standard InChI is InChI=1S/C10H19N/c1-6-8-11(5)9-7-10(2,3)4/h1H,7-9H2,2-5H3. The molecule has 0 aliphatic carbocycles. The second kappa shape index (κ2) is 4.41. The van der Waals surface area contributed by atoms with Crippen molar-refractivity contribution < 1.29 is 0 Å². The van der Waals surface area contributed by atoms with Crippen molar-refractivity contribution in [2.45, 2.75) is 27.2 Å². The van der Waals surface area contributed by atoms with Crippen molar-refractivity contribution in [3.63, 3.8) is 0 Å². The number of nitrogens with zero attached hydrogens (tertiary/aromatic N) is 1. The Bertz CT molecular complexity index is 136. The Labute approximate surface area is 70.8 Å². The smallest absolute Gasteiger partial charge is 0.0596 e. The predicted octanol–water partition coefficient (Wildman–Crippen LogP) is 1.99. The quantitative estimate of drug-likeness (QED) is 0.560. The van der Waals surface area contributed by atoms with Gasteiger partial charge in [-0.1, -0.05) is 26.7 Å². The summed E-state index contributed by atoms with van der Waals surface area (Å²) in [6, 6.07) is 0. The van der Waals surface area contributed by atoms with Crippen LogP contribution in [-0.4, -0.2) is 25.0 Å². The third-order valence-electron chi connectivity index (χ3n) is 1.60. The van der Waals surface area contributed by atoms with E-state index in [4.69, 9.17) is 6.42 Å². The van der Waals surface area contributed by atoms with Gasteiger partial charge < -0.3 is 0 Å². The fourth-order valence-electron chi connectivity index (χ4n) is 0.761. The van der Waals surface area contributed by atoms with Gasteiger partial charge in [-0.2, -0.15) is 0 Å². The van der Waals surface area contributed by atoms with Gasteiger partial charge in [-0.3, -0.25) is 4.90 Å². The minimum Gasteiger partial charge on any atom is -0.295 e. The lowest BCUT2D eigenvalue weighted by molar-refractivity contribution is 0.284. The maximum absolute atomic E-state index is 5.18. The van der Waals surface area contributed by atoms with Gasteiger partial charge in [-0.15, -0.1) is 6.42 Å². The molecule has 0 bridgehead atoms. The van der Waals surface area contributed by atoms with Crippen LogP contribution in [0.15, 0.2) is 0 Å². The third kappa shape index (κ3) is 7.42. The Morgan fingerprint density at radius 1 is 1.36 bits per heavy atom. The Kier molecular flexibility index (Phi) is 4.22. The molecule has 1 heteroatoms. The van der Waals surface area contributed by atoms with Crippen molar-refractivity contribution in [1.82, 2.24) is 4.90 Å². The summed E-state index contributed by atoms with van der Waals surface area (Å²) < 4.78 is 0. The molecule has 0 unspecified atom stereocenters. The summed E-state index contributed by atoms with van der Waals surface area (Å²) in [6.45, 7) is 8.59. The van der Waals surface area contributed by atoms with E-state index < -0.39 is 0 Å². The van der Waals surface area contributed by atoms with Gasteiger partial charge in [0.05, 0.1) is 6.54 Å². The number of hydrogen-bond acceptors (Lipinski definition) is 1. The van der Waals surface area contributed by atoms with Gasteiger partial charge in [0.15, 0.2) is 0 Å². The van der Waals surface area contributed by atoms with Gasteiger partial charge in [-0.05, 0) is 25.4 Å². The molecular weight excluding hydrogens is 134 g/mol. The van der Waals surface area contributed by atoms with Crippen LogP contribution in [0.4, 0.5) is 0 Å². The van der Waals surface area contributed by atoms with E-state index in [0.29, 0.717) is 5.41 Å². The fourth-order valence-corrected chi connectivity index (χ4v) is 0.761.